The number of pyridine rings is 1. The third kappa shape index (κ3) is 7.53. The van der Waals surface area contributed by atoms with Gasteiger partial charge < -0.3 is 14.5 Å². The number of aromatic nitrogens is 1. The van der Waals surface area contributed by atoms with Crippen molar-refractivity contribution in [2.24, 2.45) is 0 Å². The highest BCUT2D eigenvalue weighted by atomic mass is 16.5. The van der Waals surface area contributed by atoms with Crippen LogP contribution in [0, 0.1) is 27.7 Å². The molecule has 0 amide bonds. The van der Waals surface area contributed by atoms with Crippen molar-refractivity contribution in [1.82, 2.24) is 4.98 Å². The lowest BCUT2D eigenvalue weighted by Crippen LogP contribution is -2.25. The molecule has 0 fully saturated rings. The van der Waals surface area contributed by atoms with Gasteiger partial charge in [0, 0.05) is 40.8 Å². The molecule has 2 aliphatic rings. The molecule has 0 bridgehead atoms. The summed E-state index contributed by atoms with van der Waals surface area (Å²) >= 11 is 0. The number of hydrogen-bond donors (Lipinski definition) is 0. The van der Waals surface area contributed by atoms with Crippen molar-refractivity contribution in [2.75, 3.05) is 21.4 Å². The van der Waals surface area contributed by atoms with Crippen LogP contribution in [-0.2, 0) is 10.8 Å². The minimum atomic E-state index is -0.0439. The van der Waals surface area contributed by atoms with Gasteiger partial charge in [0.15, 0.2) is 0 Å². The summed E-state index contributed by atoms with van der Waals surface area (Å²) in [5.41, 5.74) is 21.9. The molecule has 5 nitrogen and oxygen atoms in total. The Morgan fingerprint density at radius 2 is 1.03 bits per heavy atom. The molecule has 0 radical (unpaired) electrons. The molecule has 3 heterocycles. The van der Waals surface area contributed by atoms with E-state index < -0.39 is 0 Å². The molecular weight excluding hydrogens is 793 g/mol. The van der Waals surface area contributed by atoms with Gasteiger partial charge in [0.25, 0.3) is 0 Å². The first kappa shape index (κ1) is 41.9. The van der Waals surface area contributed by atoms with Crippen LogP contribution in [0.3, 0.4) is 0 Å². The SMILES string of the molecule is Cc1cc(C(C)(C)C)cc(C)c1-c1cc(C)c(N2CN(c3cccc(Oc4ccc5c(c4)N(c4cc(C(C)(C)C)ccn4)c4ccccc4-c4ccccc4-5)c3)c3ccccc32)c(C)c1. The monoisotopic (exact) mass is 850 g/mol. The molecule has 1 aromatic heterocycles. The summed E-state index contributed by atoms with van der Waals surface area (Å²) in [7, 11) is 0. The highest BCUT2D eigenvalue weighted by Crippen LogP contribution is 2.52. The predicted molar refractivity (Wildman–Crippen MR) is 274 cm³/mol. The molecule has 65 heavy (non-hydrogen) atoms. The summed E-state index contributed by atoms with van der Waals surface area (Å²) in [6.07, 6.45) is 1.94. The van der Waals surface area contributed by atoms with Crippen LogP contribution >= 0.6 is 0 Å². The van der Waals surface area contributed by atoms with E-state index in [1.54, 1.807) is 0 Å². The molecule has 5 heteroatoms. The lowest BCUT2D eigenvalue weighted by atomic mass is 9.82. The standard InChI is InChI=1S/C60H58N4O/c1-38-32-44(60(8,9)10)33-39(2)57(38)42-30-40(3)58(41(4)31-42)63-37-62(53-24-15-16-25-54(53)63)45-18-17-19-46(35-45)65-47-26-27-51-49-21-12-11-20-48(49)50-22-13-14-23-52(50)64(55(51)36-47)56-34-43(28-29-61-56)59(5,6)7/h11-36H,37H2,1-10H3. The molecule has 324 valence electrons. The van der Waals surface area contributed by atoms with Crippen molar-refractivity contribution in [1.29, 1.82) is 0 Å². The zero-order valence-corrected chi connectivity index (χ0v) is 39.4. The fourth-order valence-corrected chi connectivity index (χ4v) is 10.1. The summed E-state index contributed by atoms with van der Waals surface area (Å²) in [5, 5.41) is 0. The van der Waals surface area contributed by atoms with E-state index in [0.29, 0.717) is 6.67 Å². The minimum Gasteiger partial charge on any atom is -0.457 e. The molecule has 0 aliphatic carbocycles. The zero-order chi connectivity index (χ0) is 45.4. The molecule has 8 aromatic rings. The summed E-state index contributed by atoms with van der Waals surface area (Å²) in [6.45, 7) is 23.3. The second-order valence-corrected chi connectivity index (χ2v) is 20.0. The molecule has 10 rings (SSSR count). The third-order valence-electron chi connectivity index (χ3n) is 13.3. The van der Waals surface area contributed by atoms with Crippen molar-refractivity contribution in [3.8, 4) is 44.9 Å². The number of para-hydroxylation sites is 3. The van der Waals surface area contributed by atoms with Gasteiger partial charge in [-0.3, -0.25) is 4.90 Å². The van der Waals surface area contributed by atoms with E-state index in [1.165, 1.54) is 72.7 Å². The Bertz CT molecular complexity index is 3100. The van der Waals surface area contributed by atoms with Gasteiger partial charge in [0.05, 0.1) is 22.7 Å². The fourth-order valence-electron chi connectivity index (χ4n) is 10.1. The first-order chi connectivity index (χ1) is 31.1. The van der Waals surface area contributed by atoms with Crippen molar-refractivity contribution in [3.63, 3.8) is 0 Å². The molecule has 0 saturated carbocycles. The maximum Gasteiger partial charge on any atom is 0.137 e. The van der Waals surface area contributed by atoms with Crippen molar-refractivity contribution in [3.05, 3.63) is 191 Å². The van der Waals surface area contributed by atoms with Gasteiger partial charge in [-0.1, -0.05) is 114 Å². The highest BCUT2D eigenvalue weighted by Gasteiger charge is 2.31. The summed E-state index contributed by atoms with van der Waals surface area (Å²) in [4.78, 5) is 12.2. The summed E-state index contributed by atoms with van der Waals surface area (Å²) < 4.78 is 6.87. The number of anilines is 7. The fraction of sp³-hybridized carbons (Fsp3) is 0.217. The molecule has 0 unspecified atom stereocenters. The molecule has 0 N–H and O–H groups in total. The smallest absolute Gasteiger partial charge is 0.137 e. The van der Waals surface area contributed by atoms with Crippen LogP contribution in [-0.4, -0.2) is 11.7 Å². The van der Waals surface area contributed by atoms with E-state index in [0.717, 1.165) is 45.5 Å². The second kappa shape index (κ2) is 15.8. The van der Waals surface area contributed by atoms with Crippen molar-refractivity contribution in [2.45, 2.75) is 80.1 Å². The topological polar surface area (TPSA) is 31.8 Å². The van der Waals surface area contributed by atoms with Crippen LogP contribution in [0.25, 0.3) is 33.4 Å². The van der Waals surface area contributed by atoms with Crippen molar-refractivity contribution < 1.29 is 4.74 Å². The van der Waals surface area contributed by atoms with E-state index in [2.05, 4.69) is 236 Å². The first-order valence-electron chi connectivity index (χ1n) is 22.9. The first-order valence-corrected chi connectivity index (χ1v) is 22.9. The number of fused-ring (bicyclic) bond motifs is 6. The van der Waals surface area contributed by atoms with Gasteiger partial charge in [-0.2, -0.15) is 0 Å². The Balaban J connectivity index is 0.999. The van der Waals surface area contributed by atoms with Crippen LogP contribution in [0.15, 0.2) is 158 Å². The largest absolute Gasteiger partial charge is 0.457 e. The maximum absolute atomic E-state index is 6.87. The summed E-state index contributed by atoms with van der Waals surface area (Å²) in [6, 6.07) is 54.9. The number of ether oxygens (including phenoxy) is 1. The number of benzene rings is 7. The Hall–Kier alpha value is -7.11. The highest BCUT2D eigenvalue weighted by molar-refractivity contribution is 6.02. The Kier molecular flexibility index (Phi) is 10.2. The maximum atomic E-state index is 6.87. The molecule has 2 aliphatic heterocycles. The van der Waals surface area contributed by atoms with E-state index in [4.69, 9.17) is 9.72 Å². The van der Waals surface area contributed by atoms with Crippen LogP contribution in [0.1, 0.15) is 74.9 Å². The lowest BCUT2D eigenvalue weighted by molar-refractivity contribution is 0.483. The molecule has 0 atom stereocenters. The average Bonchev–Trinajstić information content (AvgIpc) is 3.59. The molecule has 0 saturated heterocycles. The summed E-state index contributed by atoms with van der Waals surface area (Å²) in [5.74, 6) is 2.39. The Labute approximate surface area is 385 Å². The average molecular weight is 851 g/mol. The van der Waals surface area contributed by atoms with Gasteiger partial charge in [0.1, 0.15) is 24.0 Å². The van der Waals surface area contributed by atoms with Crippen LogP contribution in [0.5, 0.6) is 11.5 Å². The number of aryl methyl sites for hydroxylation is 4. The molecular formula is C60H58N4O. The van der Waals surface area contributed by atoms with Gasteiger partial charge in [-0.05, 0) is 161 Å². The van der Waals surface area contributed by atoms with Crippen LogP contribution < -0.4 is 19.4 Å². The number of rotatable bonds is 6. The van der Waals surface area contributed by atoms with Gasteiger partial charge in [0.2, 0.25) is 0 Å². The number of nitrogens with zero attached hydrogens (tertiary/aromatic N) is 4. The van der Waals surface area contributed by atoms with Gasteiger partial charge >= 0.3 is 0 Å². The Morgan fingerprint density at radius 1 is 0.462 bits per heavy atom. The van der Waals surface area contributed by atoms with Crippen LogP contribution in [0.2, 0.25) is 0 Å². The molecule has 0 spiro atoms. The quantitative estimate of drug-likeness (QED) is 0.166. The Morgan fingerprint density at radius 3 is 1.68 bits per heavy atom. The van der Waals surface area contributed by atoms with E-state index in [1.807, 2.05) is 6.20 Å². The minimum absolute atomic E-state index is 0.0439. The number of hydrogen-bond acceptors (Lipinski definition) is 5. The zero-order valence-electron chi connectivity index (χ0n) is 39.4. The lowest BCUT2D eigenvalue weighted by Gasteiger charge is -2.28. The van der Waals surface area contributed by atoms with E-state index in [-0.39, 0.29) is 10.8 Å². The third-order valence-corrected chi connectivity index (χ3v) is 13.3. The predicted octanol–water partition coefficient (Wildman–Crippen LogP) is 16.7. The second-order valence-electron chi connectivity index (χ2n) is 20.0. The van der Waals surface area contributed by atoms with Gasteiger partial charge in [-0.15, -0.1) is 0 Å². The normalized spacial score (nSPS) is 13.2. The molecule has 7 aromatic carbocycles. The van der Waals surface area contributed by atoms with E-state index >= 15 is 0 Å². The van der Waals surface area contributed by atoms with Crippen LogP contribution in [0.4, 0.5) is 39.9 Å². The van der Waals surface area contributed by atoms with Crippen molar-refractivity contribution >= 4 is 39.9 Å². The van der Waals surface area contributed by atoms with E-state index in [9.17, 15) is 0 Å². The van der Waals surface area contributed by atoms with Gasteiger partial charge in [-0.25, -0.2) is 4.98 Å².